The summed E-state index contributed by atoms with van der Waals surface area (Å²) in [5.74, 6) is -0.284. The Morgan fingerprint density at radius 3 is 1.45 bits per heavy atom. The largest absolute Gasteiger partial charge is 0.322 e. The minimum Gasteiger partial charge on any atom is -0.322 e. The van der Waals surface area contributed by atoms with Crippen LogP contribution in [0.3, 0.4) is 0 Å². The van der Waals surface area contributed by atoms with E-state index >= 15 is 0 Å². The lowest BCUT2D eigenvalue weighted by Crippen LogP contribution is -2.28. The molecule has 6 aromatic carbocycles. The molecule has 44 heavy (non-hydrogen) atoms. The van der Waals surface area contributed by atoms with Crippen molar-refractivity contribution in [2.24, 2.45) is 0 Å². The highest BCUT2D eigenvalue weighted by Crippen LogP contribution is 2.56. The highest BCUT2D eigenvalue weighted by molar-refractivity contribution is 6.05. The fourth-order valence-electron chi connectivity index (χ4n) is 6.41. The van der Waals surface area contributed by atoms with Crippen LogP contribution in [-0.4, -0.2) is 11.8 Å². The molecule has 0 heterocycles. The van der Waals surface area contributed by atoms with E-state index in [1.54, 1.807) is 12.1 Å². The predicted octanol–water partition coefficient (Wildman–Crippen LogP) is 8.86. The Kier molecular flexibility index (Phi) is 6.88. The molecule has 6 aromatic rings. The first-order valence-electron chi connectivity index (χ1n) is 14.7. The van der Waals surface area contributed by atoms with E-state index in [0.717, 1.165) is 28.1 Å². The normalized spacial score (nSPS) is 12.6. The molecule has 7 rings (SSSR count). The first kappa shape index (κ1) is 27.1. The fourth-order valence-corrected chi connectivity index (χ4v) is 6.41. The second kappa shape index (κ2) is 11.2. The molecule has 2 N–H and O–H groups in total. The number of nitrogens with one attached hydrogen (secondary N) is 2. The van der Waals surface area contributed by atoms with Crippen molar-refractivity contribution in [3.05, 3.63) is 191 Å². The second-order valence-corrected chi connectivity index (χ2v) is 11.1. The first-order valence-corrected chi connectivity index (χ1v) is 14.7. The molecule has 0 fully saturated rings. The maximum absolute atomic E-state index is 13.0. The van der Waals surface area contributed by atoms with Crippen molar-refractivity contribution in [3.63, 3.8) is 0 Å². The van der Waals surface area contributed by atoms with Crippen molar-refractivity contribution in [2.45, 2.75) is 12.3 Å². The van der Waals surface area contributed by atoms with Crippen molar-refractivity contribution >= 4 is 23.2 Å². The minimum absolute atomic E-state index is 0.138. The molecule has 0 aliphatic heterocycles. The van der Waals surface area contributed by atoms with Crippen molar-refractivity contribution in [1.82, 2.24) is 0 Å². The van der Waals surface area contributed by atoms with Crippen LogP contribution in [0.15, 0.2) is 152 Å². The Morgan fingerprint density at radius 1 is 0.477 bits per heavy atom. The van der Waals surface area contributed by atoms with Crippen LogP contribution in [-0.2, 0) is 5.41 Å². The topological polar surface area (TPSA) is 58.2 Å². The molecule has 0 unspecified atom stereocenters. The summed E-state index contributed by atoms with van der Waals surface area (Å²) in [6, 6.07) is 50.2. The van der Waals surface area contributed by atoms with E-state index < -0.39 is 5.41 Å². The molecule has 0 bridgehead atoms. The van der Waals surface area contributed by atoms with E-state index in [0.29, 0.717) is 11.1 Å². The highest BCUT2D eigenvalue weighted by Gasteiger charge is 2.45. The van der Waals surface area contributed by atoms with Gasteiger partial charge in [-0.1, -0.05) is 109 Å². The van der Waals surface area contributed by atoms with Crippen molar-refractivity contribution < 1.29 is 9.59 Å². The predicted molar refractivity (Wildman–Crippen MR) is 177 cm³/mol. The summed E-state index contributed by atoms with van der Waals surface area (Å²) in [5.41, 5.74) is 10.1. The minimum atomic E-state index is -0.589. The SMILES string of the molecule is Cc1cccc(C(=O)Nc2ccc(C3(c4ccc(NC(=O)c5ccccc5)cc4)c4ccccc4-c4ccccc43)cc2)c1. The number of amides is 2. The molecule has 4 heteroatoms. The van der Waals surface area contributed by atoms with Crippen molar-refractivity contribution in [1.29, 1.82) is 0 Å². The third-order valence-electron chi connectivity index (χ3n) is 8.42. The second-order valence-electron chi connectivity index (χ2n) is 11.1. The van der Waals surface area contributed by atoms with Gasteiger partial charge in [-0.15, -0.1) is 0 Å². The molecule has 0 saturated carbocycles. The van der Waals surface area contributed by atoms with Crippen LogP contribution >= 0.6 is 0 Å². The van der Waals surface area contributed by atoms with Crippen molar-refractivity contribution in [3.8, 4) is 11.1 Å². The molecule has 0 aromatic heterocycles. The molecule has 1 aliphatic carbocycles. The highest BCUT2D eigenvalue weighted by atomic mass is 16.2. The van der Waals surface area contributed by atoms with Gasteiger partial charge in [-0.2, -0.15) is 0 Å². The zero-order valence-electron chi connectivity index (χ0n) is 24.3. The third-order valence-corrected chi connectivity index (χ3v) is 8.42. The monoisotopic (exact) mass is 570 g/mol. The summed E-state index contributed by atoms with van der Waals surface area (Å²) in [6.07, 6.45) is 0. The van der Waals surface area contributed by atoms with E-state index in [9.17, 15) is 9.59 Å². The van der Waals surface area contributed by atoms with Gasteiger partial charge in [-0.3, -0.25) is 9.59 Å². The molecule has 0 radical (unpaired) electrons. The van der Waals surface area contributed by atoms with Gasteiger partial charge in [-0.25, -0.2) is 0 Å². The van der Waals surface area contributed by atoms with Gasteiger partial charge in [0, 0.05) is 22.5 Å². The van der Waals surface area contributed by atoms with Crippen molar-refractivity contribution in [2.75, 3.05) is 10.6 Å². The lowest BCUT2D eigenvalue weighted by atomic mass is 9.67. The van der Waals surface area contributed by atoms with E-state index in [1.807, 2.05) is 73.7 Å². The number of carbonyl (C=O) groups is 2. The number of fused-ring (bicyclic) bond motifs is 3. The van der Waals surface area contributed by atoms with E-state index in [1.165, 1.54) is 22.3 Å². The quantitative estimate of drug-likeness (QED) is 0.210. The summed E-state index contributed by atoms with van der Waals surface area (Å²) in [6.45, 7) is 1.98. The number of rotatable bonds is 6. The average Bonchev–Trinajstić information content (AvgIpc) is 3.37. The van der Waals surface area contributed by atoms with Gasteiger partial charge in [0.15, 0.2) is 0 Å². The Labute approximate surface area is 257 Å². The number of carbonyl (C=O) groups excluding carboxylic acids is 2. The van der Waals surface area contributed by atoms with E-state index in [-0.39, 0.29) is 11.8 Å². The standard InChI is InChI=1S/C40H30N2O2/c1-27-10-9-13-29(26-27)39(44)42-33-24-20-31(21-25-33)40(36-16-7-5-14-34(36)35-15-6-8-17-37(35)40)30-18-22-32(23-19-30)41-38(43)28-11-3-2-4-12-28/h2-26H,1H3,(H,41,43)(H,42,44). The van der Waals surface area contributed by atoms with Crippen LogP contribution in [0.25, 0.3) is 11.1 Å². The maximum atomic E-state index is 13.0. The van der Waals surface area contributed by atoms with Crippen LogP contribution in [0, 0.1) is 6.92 Å². The Hall–Kier alpha value is -5.74. The molecule has 2 amide bonds. The molecule has 212 valence electrons. The first-order chi connectivity index (χ1) is 21.5. The number of hydrogen-bond acceptors (Lipinski definition) is 2. The molecule has 4 nitrogen and oxygen atoms in total. The lowest BCUT2D eigenvalue weighted by Gasteiger charge is -2.34. The Balaban J connectivity index is 1.29. The van der Waals surface area contributed by atoms with E-state index in [4.69, 9.17) is 0 Å². The Morgan fingerprint density at radius 2 is 0.932 bits per heavy atom. The third kappa shape index (κ3) is 4.67. The van der Waals surface area contributed by atoms with Gasteiger partial charge < -0.3 is 10.6 Å². The maximum Gasteiger partial charge on any atom is 0.255 e. The van der Waals surface area contributed by atoms with Gasteiger partial charge in [0.2, 0.25) is 0 Å². The fraction of sp³-hybridized carbons (Fsp3) is 0.0500. The van der Waals surface area contributed by atoms with Gasteiger partial charge in [0.25, 0.3) is 11.8 Å². The summed E-state index contributed by atoms with van der Waals surface area (Å²) >= 11 is 0. The molecule has 0 saturated heterocycles. The van der Waals surface area contributed by atoms with Gasteiger partial charge in [0.1, 0.15) is 0 Å². The lowest BCUT2D eigenvalue weighted by molar-refractivity contribution is 0.101. The van der Waals surface area contributed by atoms with E-state index in [2.05, 4.69) is 83.4 Å². The summed E-state index contributed by atoms with van der Waals surface area (Å²) in [7, 11) is 0. The number of benzene rings is 6. The molecular weight excluding hydrogens is 540 g/mol. The summed E-state index contributed by atoms with van der Waals surface area (Å²) in [5, 5.41) is 6.08. The zero-order chi connectivity index (χ0) is 30.1. The number of anilines is 2. The molecule has 0 spiro atoms. The smallest absolute Gasteiger partial charge is 0.255 e. The molecule has 1 aliphatic rings. The average molecular weight is 571 g/mol. The van der Waals surface area contributed by atoms with Gasteiger partial charge >= 0.3 is 0 Å². The molecule has 0 atom stereocenters. The van der Waals surface area contributed by atoms with Crippen LogP contribution in [0.2, 0.25) is 0 Å². The summed E-state index contributed by atoms with van der Waals surface area (Å²) in [4.78, 5) is 25.8. The Bertz CT molecular complexity index is 1950. The number of hydrogen-bond donors (Lipinski definition) is 2. The van der Waals surface area contributed by atoms with Gasteiger partial charge in [-0.05, 0) is 88.8 Å². The molecular formula is C40H30N2O2. The number of aryl methyl sites for hydroxylation is 1. The summed E-state index contributed by atoms with van der Waals surface area (Å²) < 4.78 is 0. The van der Waals surface area contributed by atoms with Crippen LogP contribution in [0.4, 0.5) is 11.4 Å². The van der Waals surface area contributed by atoms with Gasteiger partial charge in [0.05, 0.1) is 5.41 Å². The zero-order valence-corrected chi connectivity index (χ0v) is 24.3. The van der Waals surface area contributed by atoms with Crippen LogP contribution < -0.4 is 10.6 Å². The van der Waals surface area contributed by atoms with Crippen LogP contribution in [0.5, 0.6) is 0 Å². The van der Waals surface area contributed by atoms with Crippen LogP contribution in [0.1, 0.15) is 48.5 Å².